The van der Waals surface area contributed by atoms with Crippen LogP contribution in [0.1, 0.15) is 29.2 Å². The summed E-state index contributed by atoms with van der Waals surface area (Å²) < 4.78 is 2.08. The van der Waals surface area contributed by atoms with Crippen LogP contribution in [0.3, 0.4) is 0 Å². The maximum absolute atomic E-state index is 13.6. The first kappa shape index (κ1) is 20.2. The molecule has 0 radical (unpaired) electrons. The number of piperidine rings is 1. The quantitative estimate of drug-likeness (QED) is 0.628. The first-order valence-corrected chi connectivity index (χ1v) is 11.3. The summed E-state index contributed by atoms with van der Waals surface area (Å²) >= 11 is 0. The zero-order chi connectivity index (χ0) is 21.4. The summed E-state index contributed by atoms with van der Waals surface area (Å²) in [5.41, 5.74) is 5.87. The van der Waals surface area contributed by atoms with E-state index in [1.165, 1.54) is 23.2 Å². The van der Waals surface area contributed by atoms with Crippen molar-refractivity contribution in [1.29, 1.82) is 0 Å². The van der Waals surface area contributed by atoms with Crippen molar-refractivity contribution in [2.75, 3.05) is 27.2 Å². The molecule has 3 heterocycles. The lowest BCUT2D eigenvalue weighted by molar-refractivity contribution is 0.114. The zero-order valence-electron chi connectivity index (χ0n) is 18.5. The number of fused-ring (bicyclic) bond motifs is 4. The monoisotopic (exact) mass is 413 g/mol. The Labute approximate surface area is 184 Å². The van der Waals surface area contributed by atoms with Crippen molar-refractivity contribution in [3.63, 3.8) is 0 Å². The number of pyridine rings is 1. The third-order valence-corrected chi connectivity index (χ3v) is 6.72. The fourth-order valence-corrected chi connectivity index (χ4v) is 5.48. The van der Waals surface area contributed by atoms with Gasteiger partial charge in [-0.15, -0.1) is 0 Å². The maximum Gasteiger partial charge on any atom is 0.258 e. The van der Waals surface area contributed by atoms with Crippen LogP contribution in [0.4, 0.5) is 0 Å². The second-order valence-electron chi connectivity index (χ2n) is 9.46. The third kappa shape index (κ3) is 4.10. The van der Waals surface area contributed by atoms with Gasteiger partial charge in [-0.05, 0) is 55.3 Å². The van der Waals surface area contributed by atoms with Gasteiger partial charge in [0.05, 0.1) is 0 Å². The molecule has 0 aliphatic carbocycles. The number of hydrogen-bond acceptors (Lipinski definition) is 3. The molecule has 2 aliphatic rings. The van der Waals surface area contributed by atoms with Gasteiger partial charge in [0.2, 0.25) is 0 Å². The Balaban J connectivity index is 1.45. The number of aromatic nitrogens is 1. The highest BCUT2D eigenvalue weighted by Crippen LogP contribution is 2.36. The van der Waals surface area contributed by atoms with Gasteiger partial charge in [-0.2, -0.15) is 0 Å². The molecule has 2 aliphatic heterocycles. The average molecular weight is 414 g/mol. The van der Waals surface area contributed by atoms with Crippen molar-refractivity contribution in [2.45, 2.75) is 32.0 Å². The number of benzene rings is 2. The molecule has 0 unspecified atom stereocenters. The van der Waals surface area contributed by atoms with Gasteiger partial charge < -0.3 is 9.47 Å². The van der Waals surface area contributed by atoms with Crippen molar-refractivity contribution in [3.05, 3.63) is 93.9 Å². The van der Waals surface area contributed by atoms with Gasteiger partial charge in [-0.1, -0.05) is 54.6 Å². The predicted molar refractivity (Wildman–Crippen MR) is 126 cm³/mol. The van der Waals surface area contributed by atoms with Crippen LogP contribution in [0.2, 0.25) is 0 Å². The molecule has 0 saturated carbocycles. The van der Waals surface area contributed by atoms with Gasteiger partial charge in [0.15, 0.2) is 0 Å². The largest absolute Gasteiger partial charge is 0.311 e. The molecule has 1 saturated heterocycles. The number of likely N-dealkylation sites (tertiary alicyclic amines) is 1. The highest BCUT2D eigenvalue weighted by Gasteiger charge is 2.35. The topological polar surface area (TPSA) is 28.5 Å². The summed E-state index contributed by atoms with van der Waals surface area (Å²) in [4.78, 5) is 18.3. The smallest absolute Gasteiger partial charge is 0.258 e. The molecule has 1 aromatic heterocycles. The highest BCUT2D eigenvalue weighted by atomic mass is 16.1. The van der Waals surface area contributed by atoms with Gasteiger partial charge in [-0.3, -0.25) is 9.69 Å². The maximum atomic E-state index is 13.6. The van der Waals surface area contributed by atoms with E-state index in [0.717, 1.165) is 43.9 Å². The predicted octanol–water partition coefficient (Wildman–Crippen LogP) is 4.20. The van der Waals surface area contributed by atoms with Crippen molar-refractivity contribution in [1.82, 2.24) is 14.4 Å². The Morgan fingerprint density at radius 2 is 1.65 bits per heavy atom. The molecule has 2 bridgehead atoms. The van der Waals surface area contributed by atoms with Gasteiger partial charge in [0, 0.05) is 49.9 Å². The molecule has 1 fully saturated rings. The highest BCUT2D eigenvalue weighted by molar-refractivity contribution is 5.66. The Hall–Kier alpha value is -2.69. The van der Waals surface area contributed by atoms with Crippen molar-refractivity contribution < 1.29 is 0 Å². The lowest BCUT2D eigenvalue weighted by Crippen LogP contribution is -2.46. The number of nitrogens with zero attached hydrogens (tertiary/aromatic N) is 3. The van der Waals surface area contributed by atoms with Crippen LogP contribution in [0.5, 0.6) is 0 Å². The van der Waals surface area contributed by atoms with E-state index in [0.29, 0.717) is 11.8 Å². The van der Waals surface area contributed by atoms with Crippen LogP contribution in [0.15, 0.2) is 71.5 Å². The Morgan fingerprint density at radius 1 is 0.871 bits per heavy atom. The van der Waals surface area contributed by atoms with E-state index in [4.69, 9.17) is 0 Å². The average Bonchev–Trinajstić information content (AvgIpc) is 2.75. The fourth-order valence-electron chi connectivity index (χ4n) is 5.48. The molecular formula is C27H31N3O. The minimum absolute atomic E-state index is 0.176. The van der Waals surface area contributed by atoms with Gasteiger partial charge >= 0.3 is 0 Å². The summed E-state index contributed by atoms with van der Waals surface area (Å²) in [7, 11) is 4.14. The fraction of sp³-hybridized carbons (Fsp3) is 0.370. The molecule has 2 atom stereocenters. The molecule has 4 nitrogen and oxygen atoms in total. The van der Waals surface area contributed by atoms with E-state index in [2.05, 4.69) is 89.1 Å². The molecule has 5 rings (SSSR count). The molecule has 0 spiro atoms. The molecular weight excluding hydrogens is 382 g/mol. The van der Waals surface area contributed by atoms with E-state index >= 15 is 0 Å². The summed E-state index contributed by atoms with van der Waals surface area (Å²) in [6.45, 7) is 4.75. The van der Waals surface area contributed by atoms with Crippen molar-refractivity contribution in [2.24, 2.45) is 5.92 Å². The Morgan fingerprint density at radius 3 is 2.45 bits per heavy atom. The molecule has 160 valence electrons. The van der Waals surface area contributed by atoms with Crippen LogP contribution in [0, 0.1) is 5.92 Å². The third-order valence-electron chi connectivity index (χ3n) is 6.72. The van der Waals surface area contributed by atoms with E-state index in [9.17, 15) is 4.79 Å². The Bertz CT molecular complexity index is 1120. The lowest BCUT2D eigenvalue weighted by atomic mass is 9.82. The van der Waals surface area contributed by atoms with Crippen LogP contribution in [-0.4, -0.2) is 41.6 Å². The molecule has 0 N–H and O–H groups in total. The Kier molecular flexibility index (Phi) is 5.51. The van der Waals surface area contributed by atoms with Crippen LogP contribution < -0.4 is 5.56 Å². The summed E-state index contributed by atoms with van der Waals surface area (Å²) in [5, 5.41) is 0. The van der Waals surface area contributed by atoms with E-state index < -0.39 is 0 Å². The molecule has 3 aromatic rings. The van der Waals surface area contributed by atoms with Crippen LogP contribution in [-0.2, 0) is 19.6 Å². The van der Waals surface area contributed by atoms with E-state index in [1.54, 1.807) is 0 Å². The van der Waals surface area contributed by atoms with Gasteiger partial charge in [0.25, 0.3) is 5.56 Å². The lowest BCUT2D eigenvalue weighted by Gasteiger charge is -2.43. The summed E-state index contributed by atoms with van der Waals surface area (Å²) in [6, 6.07) is 23.3. The van der Waals surface area contributed by atoms with Crippen LogP contribution in [0.25, 0.3) is 11.1 Å². The van der Waals surface area contributed by atoms with Crippen LogP contribution >= 0.6 is 0 Å². The van der Waals surface area contributed by atoms with Crippen molar-refractivity contribution in [3.8, 4) is 11.1 Å². The van der Waals surface area contributed by atoms with Gasteiger partial charge in [0.1, 0.15) is 0 Å². The zero-order valence-corrected chi connectivity index (χ0v) is 18.5. The minimum Gasteiger partial charge on any atom is -0.311 e. The summed E-state index contributed by atoms with van der Waals surface area (Å²) in [6.07, 6.45) is 1.20. The molecule has 0 amide bonds. The first-order valence-electron chi connectivity index (χ1n) is 11.3. The SMILES string of the molecule is CN(C)Cc1ccccc1-c1ccc2n(c1=O)C[C@@H]1C[C@@H]2CN(Cc2ccccc2)C1. The second kappa shape index (κ2) is 8.45. The molecule has 31 heavy (non-hydrogen) atoms. The number of hydrogen-bond donors (Lipinski definition) is 0. The van der Waals surface area contributed by atoms with E-state index in [1.807, 2.05) is 6.07 Å². The minimum atomic E-state index is 0.176. The number of rotatable bonds is 5. The standard InChI is InChI=1S/C27H31N3O/c1-28(2)18-22-10-6-7-11-24(22)25-12-13-26-23-14-21(17-30(26)27(25)31)16-29(19-23)15-20-8-4-3-5-9-20/h3-13,21,23H,14-19H2,1-2H3/t21-,23-/m1/s1. The van der Waals surface area contributed by atoms with E-state index in [-0.39, 0.29) is 5.56 Å². The van der Waals surface area contributed by atoms with Gasteiger partial charge in [-0.25, -0.2) is 0 Å². The normalized spacial score (nSPS) is 20.6. The molecule has 2 aromatic carbocycles. The molecule has 4 heteroatoms. The second-order valence-corrected chi connectivity index (χ2v) is 9.46. The van der Waals surface area contributed by atoms with Crippen molar-refractivity contribution >= 4 is 0 Å². The summed E-state index contributed by atoms with van der Waals surface area (Å²) in [5.74, 6) is 0.981. The first-order chi connectivity index (χ1) is 15.1.